The highest BCUT2D eigenvalue weighted by Gasteiger charge is 2.33. The van der Waals surface area contributed by atoms with Gasteiger partial charge in [0, 0.05) is 32.0 Å². The van der Waals surface area contributed by atoms with Gasteiger partial charge in [-0.3, -0.25) is 0 Å². The summed E-state index contributed by atoms with van der Waals surface area (Å²) in [4.78, 5) is 17.9. The first-order valence-corrected chi connectivity index (χ1v) is 15.5. The predicted octanol–water partition coefficient (Wildman–Crippen LogP) is 9.00. The van der Waals surface area contributed by atoms with Crippen LogP contribution in [-0.2, 0) is 0 Å². The van der Waals surface area contributed by atoms with Gasteiger partial charge in [-0.2, -0.15) is 10.0 Å². The highest BCUT2D eigenvalue weighted by atomic mass is 32.3. The van der Waals surface area contributed by atoms with Crippen molar-refractivity contribution in [2.75, 3.05) is 12.5 Å². The Balaban J connectivity index is 1.42. The molecule has 2 heterocycles. The molecule has 188 valence electrons. The van der Waals surface area contributed by atoms with E-state index in [-0.39, 0.29) is 0 Å². The molecule has 0 saturated carbocycles. The maximum absolute atomic E-state index is 5.09. The lowest BCUT2D eigenvalue weighted by molar-refractivity contribution is 1.07. The largest absolute Gasteiger partial charge is 0.208 e. The monoisotopic (exact) mass is 521 g/mol. The number of hydrogen-bond donors (Lipinski definition) is 0. The summed E-state index contributed by atoms with van der Waals surface area (Å²) < 4.78 is 0. The molecule has 1 aliphatic rings. The third-order valence-electron chi connectivity index (χ3n) is 7.44. The normalized spacial score (nSPS) is 13.9. The topological polar surface area (TPSA) is 38.7 Å². The zero-order valence-corrected chi connectivity index (χ0v) is 22.7. The first kappa shape index (κ1) is 23.6. The molecule has 1 aromatic heterocycles. The van der Waals surface area contributed by atoms with Crippen LogP contribution in [0.1, 0.15) is 0 Å². The number of rotatable bonds is 4. The molecule has 0 unspecified atom stereocenters. The van der Waals surface area contributed by atoms with Crippen molar-refractivity contribution in [2.45, 2.75) is 9.79 Å². The third-order valence-corrected chi connectivity index (χ3v) is 10.3. The van der Waals surface area contributed by atoms with Crippen LogP contribution in [0.15, 0.2) is 137 Å². The quantitative estimate of drug-likeness (QED) is 0.232. The van der Waals surface area contributed by atoms with Crippen molar-refractivity contribution in [1.82, 2.24) is 15.0 Å². The summed E-state index contributed by atoms with van der Waals surface area (Å²) in [7, 11) is -1.12. The van der Waals surface area contributed by atoms with E-state index in [2.05, 4.69) is 116 Å². The minimum absolute atomic E-state index is 0.675. The molecule has 6 aromatic rings. The van der Waals surface area contributed by atoms with Crippen LogP contribution in [0.4, 0.5) is 0 Å². The second-order valence-electron chi connectivity index (χ2n) is 10.1. The number of benzene rings is 5. The van der Waals surface area contributed by atoms with Gasteiger partial charge in [0.05, 0.1) is 0 Å². The molecule has 0 fully saturated rings. The molecule has 0 atom stereocenters. The van der Waals surface area contributed by atoms with E-state index in [1.54, 1.807) is 0 Å². The van der Waals surface area contributed by atoms with Crippen molar-refractivity contribution in [1.29, 1.82) is 0 Å². The van der Waals surface area contributed by atoms with Crippen molar-refractivity contribution < 1.29 is 0 Å². The molecule has 0 N–H and O–H groups in total. The van der Waals surface area contributed by atoms with Gasteiger partial charge in [0.25, 0.3) is 0 Å². The summed E-state index contributed by atoms with van der Waals surface area (Å²) in [5, 5.41) is 0. The number of fused-ring (bicyclic) bond motifs is 3. The van der Waals surface area contributed by atoms with Gasteiger partial charge in [0.15, 0.2) is 17.5 Å². The molecule has 0 amide bonds. The van der Waals surface area contributed by atoms with Crippen LogP contribution in [0.3, 0.4) is 0 Å². The van der Waals surface area contributed by atoms with Crippen molar-refractivity contribution in [3.05, 3.63) is 127 Å². The zero-order valence-electron chi connectivity index (χ0n) is 21.9. The molecule has 5 aromatic carbocycles. The van der Waals surface area contributed by atoms with Crippen molar-refractivity contribution >= 4 is 10.0 Å². The molecule has 7 rings (SSSR count). The lowest BCUT2D eigenvalue weighted by atomic mass is 9.99. The fourth-order valence-electron chi connectivity index (χ4n) is 5.44. The van der Waals surface area contributed by atoms with Gasteiger partial charge in [-0.05, 0) is 41.3 Å². The van der Waals surface area contributed by atoms with Crippen LogP contribution < -0.4 is 0 Å². The molecular formula is C35H27N3S. The van der Waals surface area contributed by atoms with Crippen molar-refractivity contribution in [3.8, 4) is 56.4 Å². The van der Waals surface area contributed by atoms with Crippen molar-refractivity contribution in [3.63, 3.8) is 0 Å². The Bertz CT molecular complexity index is 1810. The van der Waals surface area contributed by atoms with Gasteiger partial charge < -0.3 is 0 Å². The molecule has 39 heavy (non-hydrogen) atoms. The van der Waals surface area contributed by atoms with Crippen molar-refractivity contribution in [2.24, 2.45) is 0 Å². The second kappa shape index (κ2) is 9.33. The number of nitrogens with zero attached hydrogens (tertiary/aromatic N) is 3. The number of aromatic nitrogens is 3. The van der Waals surface area contributed by atoms with Crippen LogP contribution in [0.25, 0.3) is 56.4 Å². The van der Waals surface area contributed by atoms with Crippen LogP contribution >= 0.6 is 10.0 Å². The fraction of sp³-hybridized carbons (Fsp3) is 0.0571. The van der Waals surface area contributed by atoms with Crippen LogP contribution in [0.5, 0.6) is 0 Å². The zero-order chi connectivity index (χ0) is 26.4. The van der Waals surface area contributed by atoms with Gasteiger partial charge in [0.2, 0.25) is 0 Å². The van der Waals surface area contributed by atoms with E-state index in [1.165, 1.54) is 32.0 Å². The Kier molecular flexibility index (Phi) is 5.64. The summed E-state index contributed by atoms with van der Waals surface area (Å²) in [6.07, 6.45) is 4.76. The van der Waals surface area contributed by atoms with E-state index >= 15 is 0 Å². The summed E-state index contributed by atoms with van der Waals surface area (Å²) in [5.74, 6) is 2.06. The molecule has 0 radical (unpaired) electrons. The molecule has 4 heteroatoms. The van der Waals surface area contributed by atoms with Crippen LogP contribution in [-0.4, -0.2) is 27.5 Å². The summed E-state index contributed by atoms with van der Waals surface area (Å²) in [5.41, 5.74) is 7.90. The Morgan fingerprint density at radius 2 is 0.846 bits per heavy atom. The summed E-state index contributed by atoms with van der Waals surface area (Å²) in [6.45, 7) is 0. The minimum Gasteiger partial charge on any atom is -0.208 e. The highest BCUT2D eigenvalue weighted by molar-refractivity contribution is 8.33. The SMILES string of the molecule is CS1(C)c2ccccc2-c2c(-c3nc(-c4ccccc4)nc(-c4ccc(-c5ccccc5)cc4)n3)cccc21. The second-order valence-corrected chi connectivity index (χ2v) is 13.7. The van der Waals surface area contributed by atoms with E-state index in [0.29, 0.717) is 17.5 Å². The molecule has 1 aliphatic heterocycles. The lowest BCUT2D eigenvalue weighted by Crippen LogP contribution is -2.01. The van der Waals surface area contributed by atoms with E-state index in [4.69, 9.17) is 15.0 Å². The Morgan fingerprint density at radius 1 is 0.385 bits per heavy atom. The smallest absolute Gasteiger partial charge is 0.164 e. The molecule has 0 aliphatic carbocycles. The Labute approximate surface area is 230 Å². The summed E-state index contributed by atoms with van der Waals surface area (Å²) >= 11 is 0. The molecule has 3 nitrogen and oxygen atoms in total. The third kappa shape index (κ3) is 4.05. The van der Waals surface area contributed by atoms with E-state index in [0.717, 1.165) is 16.7 Å². The van der Waals surface area contributed by atoms with Gasteiger partial charge in [-0.1, -0.05) is 115 Å². The van der Waals surface area contributed by atoms with Crippen LogP contribution in [0, 0.1) is 0 Å². The standard InChI is InChI=1S/C35H27N3S/c1-39(2)30-18-10-9-16-28(30)32-29(17-11-19-31(32)39)35-37-33(26-14-7-4-8-15-26)36-34(38-35)27-22-20-25(21-23-27)24-12-5-3-6-13-24/h3-23H,1-2H3. The van der Waals surface area contributed by atoms with Gasteiger partial charge in [-0.15, -0.1) is 0 Å². The first-order valence-electron chi connectivity index (χ1n) is 13.0. The lowest BCUT2D eigenvalue weighted by Gasteiger charge is -2.28. The summed E-state index contributed by atoms with van der Waals surface area (Å²) in [6, 6.07) is 44.4. The fourth-order valence-corrected chi connectivity index (χ4v) is 7.97. The maximum atomic E-state index is 5.09. The molecule has 0 spiro atoms. The average Bonchev–Trinajstić information content (AvgIpc) is 3.24. The average molecular weight is 522 g/mol. The Morgan fingerprint density at radius 3 is 1.54 bits per heavy atom. The number of hydrogen-bond acceptors (Lipinski definition) is 3. The van der Waals surface area contributed by atoms with E-state index in [9.17, 15) is 0 Å². The minimum atomic E-state index is -1.12. The first-order chi connectivity index (χ1) is 19.1. The highest BCUT2D eigenvalue weighted by Crippen LogP contribution is 2.68. The molecule has 0 saturated heterocycles. The molecular weight excluding hydrogens is 494 g/mol. The maximum Gasteiger partial charge on any atom is 0.164 e. The van der Waals surface area contributed by atoms with Gasteiger partial charge in [0.1, 0.15) is 0 Å². The Hall–Kier alpha value is -4.54. The molecule has 0 bridgehead atoms. The van der Waals surface area contributed by atoms with Gasteiger partial charge >= 0.3 is 0 Å². The van der Waals surface area contributed by atoms with Gasteiger partial charge in [-0.25, -0.2) is 15.0 Å². The van der Waals surface area contributed by atoms with Crippen LogP contribution in [0.2, 0.25) is 0 Å². The van der Waals surface area contributed by atoms with E-state index < -0.39 is 10.0 Å². The van der Waals surface area contributed by atoms with E-state index in [1.807, 2.05) is 24.3 Å². The predicted molar refractivity (Wildman–Crippen MR) is 163 cm³/mol.